The molecule has 2 aromatic rings. The number of thiophene rings is 1. The Morgan fingerprint density at radius 1 is 1.30 bits per heavy atom. The van der Waals surface area contributed by atoms with Crippen LogP contribution in [0.15, 0.2) is 39.0 Å². The molecule has 1 aromatic heterocycles. The van der Waals surface area contributed by atoms with Gasteiger partial charge in [-0.2, -0.15) is 0 Å². The van der Waals surface area contributed by atoms with Gasteiger partial charge in [0.05, 0.1) is 3.79 Å². The van der Waals surface area contributed by atoms with Gasteiger partial charge in [-0.1, -0.05) is 11.6 Å². The van der Waals surface area contributed by atoms with Crippen molar-refractivity contribution in [2.24, 2.45) is 0 Å². The van der Waals surface area contributed by atoms with Crippen LogP contribution in [0.3, 0.4) is 0 Å². The first-order chi connectivity index (χ1) is 9.72. The molecule has 0 radical (unpaired) electrons. The molecule has 0 saturated carbocycles. The van der Waals surface area contributed by atoms with Crippen molar-refractivity contribution in [2.45, 2.75) is 23.8 Å². The largest absolute Gasteiger partial charge is 0.310 e. The van der Waals surface area contributed by atoms with Crippen LogP contribution < -0.4 is 5.32 Å². The first-order valence-corrected chi connectivity index (χ1v) is 9.59. The van der Waals surface area contributed by atoms with E-state index in [9.17, 15) is 0 Å². The zero-order valence-electron chi connectivity index (χ0n) is 10.9. The molecule has 1 atom stereocenters. The normalized spacial score (nSPS) is 18.0. The predicted molar refractivity (Wildman–Crippen MR) is 93.3 cm³/mol. The smallest absolute Gasteiger partial charge is 0.0701 e. The summed E-state index contributed by atoms with van der Waals surface area (Å²) in [7, 11) is 0. The summed E-state index contributed by atoms with van der Waals surface area (Å²) in [4.78, 5) is 2.79. The van der Waals surface area contributed by atoms with Gasteiger partial charge in [0, 0.05) is 27.4 Å². The monoisotopic (exact) mass is 387 g/mol. The van der Waals surface area contributed by atoms with Crippen LogP contribution in [-0.4, -0.2) is 12.3 Å². The maximum atomic E-state index is 6.13. The summed E-state index contributed by atoms with van der Waals surface area (Å²) < 4.78 is 1.21. The molecular formula is C15H15BrClNS2. The molecule has 1 aromatic carbocycles. The first kappa shape index (κ1) is 14.9. The van der Waals surface area contributed by atoms with Crippen molar-refractivity contribution in [1.82, 2.24) is 5.32 Å². The van der Waals surface area contributed by atoms with Crippen LogP contribution in [0.5, 0.6) is 0 Å². The Morgan fingerprint density at radius 3 is 3.00 bits per heavy atom. The molecule has 106 valence electrons. The number of halogens is 2. The van der Waals surface area contributed by atoms with Crippen molar-refractivity contribution in [3.05, 3.63) is 49.6 Å². The molecule has 0 saturated heterocycles. The van der Waals surface area contributed by atoms with Gasteiger partial charge < -0.3 is 5.32 Å². The second-order valence-corrected chi connectivity index (χ2v) is 8.90. The van der Waals surface area contributed by atoms with E-state index in [1.54, 1.807) is 0 Å². The molecule has 0 amide bonds. The molecule has 0 bridgehead atoms. The Bertz CT molecular complexity index is 599. The lowest BCUT2D eigenvalue weighted by atomic mass is 10.0. The van der Waals surface area contributed by atoms with Crippen molar-refractivity contribution in [3.63, 3.8) is 0 Å². The highest BCUT2D eigenvalue weighted by Crippen LogP contribution is 2.37. The van der Waals surface area contributed by atoms with E-state index in [4.69, 9.17) is 11.6 Å². The molecule has 5 heteroatoms. The van der Waals surface area contributed by atoms with E-state index >= 15 is 0 Å². The quantitative estimate of drug-likeness (QED) is 0.738. The lowest BCUT2D eigenvalue weighted by molar-refractivity contribution is 0.515. The summed E-state index contributed by atoms with van der Waals surface area (Å²) in [5, 5.41) is 4.52. The standard InChI is InChI=1S/C15H15BrClNS2/c16-15-4-2-11(20-15)5-7-18-13-6-8-19-14-3-1-10(17)9-12(13)14/h1-4,9,13,18H,5-8H2. The third kappa shape index (κ3) is 3.60. The van der Waals surface area contributed by atoms with Crippen LogP contribution in [0.25, 0.3) is 0 Å². The summed E-state index contributed by atoms with van der Waals surface area (Å²) in [6.45, 7) is 1.01. The fourth-order valence-electron chi connectivity index (χ4n) is 2.43. The minimum Gasteiger partial charge on any atom is -0.310 e. The fraction of sp³-hybridized carbons (Fsp3) is 0.333. The molecule has 0 fully saturated rings. The van der Waals surface area contributed by atoms with Gasteiger partial charge in [-0.15, -0.1) is 23.1 Å². The van der Waals surface area contributed by atoms with Gasteiger partial charge in [0.15, 0.2) is 0 Å². The molecule has 1 aliphatic heterocycles. The summed E-state index contributed by atoms with van der Waals surface area (Å²) in [5.74, 6) is 1.18. The Morgan fingerprint density at radius 2 is 2.20 bits per heavy atom. The third-order valence-electron chi connectivity index (χ3n) is 3.40. The summed E-state index contributed by atoms with van der Waals surface area (Å²) >= 11 is 13.4. The van der Waals surface area contributed by atoms with E-state index in [0.29, 0.717) is 6.04 Å². The average molecular weight is 389 g/mol. The van der Waals surface area contributed by atoms with Crippen molar-refractivity contribution >= 4 is 50.6 Å². The van der Waals surface area contributed by atoms with Gasteiger partial charge in [0.2, 0.25) is 0 Å². The maximum absolute atomic E-state index is 6.13. The maximum Gasteiger partial charge on any atom is 0.0701 e. The first-order valence-electron chi connectivity index (χ1n) is 6.62. The lowest BCUT2D eigenvalue weighted by Crippen LogP contribution is -2.26. The van der Waals surface area contributed by atoms with Crippen molar-refractivity contribution in [1.29, 1.82) is 0 Å². The minimum absolute atomic E-state index is 0.438. The molecule has 3 rings (SSSR count). The number of hydrogen-bond donors (Lipinski definition) is 1. The highest BCUT2D eigenvalue weighted by Gasteiger charge is 2.20. The third-order valence-corrected chi connectivity index (χ3v) is 6.44. The van der Waals surface area contributed by atoms with E-state index in [2.05, 4.69) is 45.5 Å². The number of thioether (sulfide) groups is 1. The van der Waals surface area contributed by atoms with Crippen molar-refractivity contribution in [3.8, 4) is 0 Å². The van der Waals surface area contributed by atoms with Gasteiger partial charge in [0.1, 0.15) is 0 Å². The zero-order valence-corrected chi connectivity index (χ0v) is 14.8. The molecular weight excluding hydrogens is 374 g/mol. The number of nitrogens with one attached hydrogen (secondary N) is 1. The molecule has 1 aliphatic rings. The molecule has 1 N–H and O–H groups in total. The lowest BCUT2D eigenvalue weighted by Gasteiger charge is -2.26. The van der Waals surface area contributed by atoms with Gasteiger partial charge in [-0.05, 0) is 70.4 Å². The molecule has 0 aliphatic carbocycles. The Hall–Kier alpha value is -0.000000000000000111. The Labute approximate surface area is 141 Å². The molecule has 1 unspecified atom stereocenters. The van der Waals surface area contributed by atoms with E-state index in [1.165, 1.54) is 31.3 Å². The van der Waals surface area contributed by atoms with E-state index in [-0.39, 0.29) is 0 Å². The van der Waals surface area contributed by atoms with Crippen LogP contribution >= 0.6 is 50.6 Å². The zero-order chi connectivity index (χ0) is 13.9. The van der Waals surface area contributed by atoms with Crippen LogP contribution in [0.1, 0.15) is 22.9 Å². The number of hydrogen-bond acceptors (Lipinski definition) is 3. The second-order valence-electron chi connectivity index (χ2n) is 4.78. The Balaban J connectivity index is 1.63. The highest BCUT2D eigenvalue weighted by molar-refractivity contribution is 9.11. The van der Waals surface area contributed by atoms with Crippen LogP contribution in [0.4, 0.5) is 0 Å². The van der Waals surface area contributed by atoms with E-state index in [0.717, 1.165) is 18.0 Å². The van der Waals surface area contributed by atoms with E-state index in [1.807, 2.05) is 29.2 Å². The van der Waals surface area contributed by atoms with Gasteiger partial charge in [-0.25, -0.2) is 0 Å². The second kappa shape index (κ2) is 6.84. The van der Waals surface area contributed by atoms with E-state index < -0.39 is 0 Å². The number of benzene rings is 1. The van der Waals surface area contributed by atoms with Crippen LogP contribution in [-0.2, 0) is 6.42 Å². The van der Waals surface area contributed by atoms with Crippen molar-refractivity contribution < 1.29 is 0 Å². The summed E-state index contributed by atoms with van der Waals surface area (Å²) in [6.07, 6.45) is 2.25. The SMILES string of the molecule is Clc1ccc2c(c1)C(NCCc1ccc(Br)s1)CCS2. The topological polar surface area (TPSA) is 12.0 Å². The van der Waals surface area contributed by atoms with Crippen LogP contribution in [0, 0.1) is 0 Å². The molecule has 0 spiro atoms. The number of rotatable bonds is 4. The van der Waals surface area contributed by atoms with Crippen molar-refractivity contribution in [2.75, 3.05) is 12.3 Å². The van der Waals surface area contributed by atoms with Gasteiger partial charge in [0.25, 0.3) is 0 Å². The van der Waals surface area contributed by atoms with Gasteiger partial charge >= 0.3 is 0 Å². The summed E-state index contributed by atoms with van der Waals surface area (Å²) in [5.41, 5.74) is 1.36. The highest BCUT2D eigenvalue weighted by atomic mass is 79.9. The van der Waals surface area contributed by atoms with Gasteiger partial charge in [-0.3, -0.25) is 0 Å². The summed E-state index contributed by atoms with van der Waals surface area (Å²) in [6, 6.07) is 11.0. The Kier molecular flexibility index (Phi) is 5.10. The molecule has 1 nitrogen and oxygen atoms in total. The fourth-order valence-corrected chi connectivity index (χ4v) is 5.20. The molecule has 20 heavy (non-hydrogen) atoms. The average Bonchev–Trinajstić information content (AvgIpc) is 2.85. The minimum atomic E-state index is 0.438. The van der Waals surface area contributed by atoms with Crippen LogP contribution in [0.2, 0.25) is 5.02 Å². The predicted octanol–water partition coefficient (Wildman–Crippen LogP) is 5.53. The molecule has 2 heterocycles. The number of fused-ring (bicyclic) bond motifs is 1.